The predicted octanol–water partition coefficient (Wildman–Crippen LogP) is 4.33. The molecule has 11 nitrogen and oxygen atoms in total. The molecule has 1 aliphatic heterocycles. The second-order valence-electron chi connectivity index (χ2n) is 10.0. The number of morpholine rings is 1. The summed E-state index contributed by atoms with van der Waals surface area (Å²) in [5.41, 5.74) is 0.358. The molecule has 2 aromatic carbocycles. The van der Waals surface area contributed by atoms with Gasteiger partial charge >= 0.3 is 0 Å². The van der Waals surface area contributed by atoms with E-state index in [1.165, 1.54) is 24.4 Å². The van der Waals surface area contributed by atoms with Crippen molar-refractivity contribution in [1.82, 2.24) is 25.0 Å². The summed E-state index contributed by atoms with van der Waals surface area (Å²) in [5.74, 6) is -0.621. The van der Waals surface area contributed by atoms with Gasteiger partial charge in [0.1, 0.15) is 28.7 Å². The lowest BCUT2D eigenvalue weighted by Gasteiger charge is -2.26. The zero-order chi connectivity index (χ0) is 31.1. The van der Waals surface area contributed by atoms with Gasteiger partial charge in [-0.15, -0.1) is 0 Å². The molecule has 1 saturated heterocycles. The highest BCUT2D eigenvalue weighted by atomic mass is 79.9. The third-order valence-corrected chi connectivity index (χ3v) is 7.32. The summed E-state index contributed by atoms with van der Waals surface area (Å²) in [6, 6.07) is 15.2. The van der Waals surface area contributed by atoms with Crippen LogP contribution in [0.4, 0.5) is 10.1 Å². The van der Waals surface area contributed by atoms with E-state index >= 15 is 0 Å². The molecule has 2 aromatic heterocycles. The number of aromatic nitrogens is 3. The molecule has 0 aliphatic carbocycles. The Morgan fingerprint density at radius 2 is 1.80 bits per heavy atom. The van der Waals surface area contributed by atoms with Gasteiger partial charge < -0.3 is 20.1 Å². The number of amides is 2. The lowest BCUT2D eigenvalue weighted by atomic mass is 10.2. The van der Waals surface area contributed by atoms with Crippen LogP contribution in [0.2, 0.25) is 0 Å². The number of carbonyl (C=O) groups excluding carboxylic acids is 2. The number of nitrogens with zero attached hydrogens (tertiary/aromatic N) is 4. The van der Waals surface area contributed by atoms with E-state index in [0.717, 1.165) is 44.0 Å². The molecule has 0 spiro atoms. The van der Waals surface area contributed by atoms with E-state index in [-0.39, 0.29) is 23.0 Å². The van der Waals surface area contributed by atoms with Crippen LogP contribution in [0.25, 0.3) is 5.69 Å². The van der Waals surface area contributed by atoms with Crippen molar-refractivity contribution >= 4 is 33.4 Å². The largest absolute Gasteiger partial charge is 0.457 e. The second kappa shape index (κ2) is 14.3. The number of aryl methyl sites for hydroxylation is 1. The van der Waals surface area contributed by atoms with E-state index in [1.807, 2.05) is 0 Å². The van der Waals surface area contributed by atoms with Gasteiger partial charge in [-0.05, 0) is 74.0 Å². The number of pyridine rings is 1. The van der Waals surface area contributed by atoms with Gasteiger partial charge in [-0.25, -0.2) is 4.39 Å². The summed E-state index contributed by atoms with van der Waals surface area (Å²) in [4.78, 5) is 44.6. The van der Waals surface area contributed by atoms with Crippen LogP contribution in [0.1, 0.15) is 33.0 Å². The summed E-state index contributed by atoms with van der Waals surface area (Å²) in [5, 5.41) is 9.77. The SMILES string of the molecule is Cc1cc(=O)n(-c2ccc(Br)cc2F)nc1C(=O)Nc1ccc(Oc2ccnc(C(=O)NCCCN3CCOCC3)c2)cc1. The maximum absolute atomic E-state index is 14.5. The molecule has 0 unspecified atom stereocenters. The first-order chi connectivity index (χ1) is 21.3. The Hall–Kier alpha value is -4.46. The van der Waals surface area contributed by atoms with E-state index in [1.54, 1.807) is 49.4 Å². The fraction of sp³-hybridized carbons (Fsp3) is 0.258. The first kappa shape index (κ1) is 31.0. The van der Waals surface area contributed by atoms with Crippen LogP contribution >= 0.6 is 15.9 Å². The molecule has 5 rings (SSSR count). The Kier molecular flexibility index (Phi) is 10.1. The van der Waals surface area contributed by atoms with Gasteiger partial charge in [0.25, 0.3) is 17.4 Å². The maximum Gasteiger partial charge on any atom is 0.276 e. The topological polar surface area (TPSA) is 128 Å². The van der Waals surface area contributed by atoms with Crippen molar-refractivity contribution in [3.63, 3.8) is 0 Å². The molecule has 44 heavy (non-hydrogen) atoms. The lowest BCUT2D eigenvalue weighted by molar-refractivity contribution is 0.0374. The molecule has 2 N–H and O–H groups in total. The van der Waals surface area contributed by atoms with Crippen molar-refractivity contribution in [2.45, 2.75) is 13.3 Å². The molecule has 1 fully saturated rings. The van der Waals surface area contributed by atoms with Gasteiger partial charge in [0.2, 0.25) is 0 Å². The molecular weight excluding hydrogens is 635 g/mol. The van der Waals surface area contributed by atoms with Crippen molar-refractivity contribution in [3.8, 4) is 17.2 Å². The fourth-order valence-corrected chi connectivity index (χ4v) is 4.88. The van der Waals surface area contributed by atoms with Crippen LogP contribution in [0.5, 0.6) is 11.5 Å². The maximum atomic E-state index is 14.5. The van der Waals surface area contributed by atoms with Crippen molar-refractivity contribution < 1.29 is 23.5 Å². The monoisotopic (exact) mass is 664 g/mol. The Balaban J connectivity index is 1.18. The first-order valence-corrected chi connectivity index (χ1v) is 14.8. The summed E-state index contributed by atoms with van der Waals surface area (Å²) >= 11 is 3.18. The number of nitrogens with one attached hydrogen (secondary N) is 2. The Labute approximate surface area is 261 Å². The quantitative estimate of drug-likeness (QED) is 0.240. The number of rotatable bonds is 10. The van der Waals surface area contributed by atoms with Crippen molar-refractivity contribution in [1.29, 1.82) is 0 Å². The number of anilines is 1. The third kappa shape index (κ3) is 7.92. The molecule has 3 heterocycles. The molecule has 0 saturated carbocycles. The molecule has 4 aromatic rings. The van der Waals surface area contributed by atoms with Gasteiger partial charge in [0.15, 0.2) is 5.69 Å². The minimum Gasteiger partial charge on any atom is -0.457 e. The Morgan fingerprint density at radius 3 is 2.55 bits per heavy atom. The summed E-state index contributed by atoms with van der Waals surface area (Å²) in [6.45, 7) is 6.31. The highest BCUT2D eigenvalue weighted by Crippen LogP contribution is 2.24. The smallest absolute Gasteiger partial charge is 0.276 e. The number of hydrogen-bond donors (Lipinski definition) is 2. The van der Waals surface area contributed by atoms with Crippen LogP contribution in [-0.2, 0) is 4.74 Å². The van der Waals surface area contributed by atoms with E-state index < -0.39 is 17.3 Å². The number of benzene rings is 2. The van der Waals surface area contributed by atoms with E-state index in [4.69, 9.17) is 9.47 Å². The van der Waals surface area contributed by atoms with Gasteiger partial charge in [-0.2, -0.15) is 9.78 Å². The molecule has 1 aliphatic rings. The highest BCUT2D eigenvalue weighted by Gasteiger charge is 2.17. The summed E-state index contributed by atoms with van der Waals surface area (Å²) in [6.07, 6.45) is 2.33. The molecule has 0 bridgehead atoms. The zero-order valence-electron chi connectivity index (χ0n) is 23.9. The van der Waals surface area contributed by atoms with Crippen LogP contribution in [0.3, 0.4) is 0 Å². The lowest BCUT2D eigenvalue weighted by Crippen LogP contribution is -2.38. The van der Waals surface area contributed by atoms with Gasteiger partial charge in [0, 0.05) is 48.1 Å². The third-order valence-electron chi connectivity index (χ3n) is 6.83. The average molecular weight is 666 g/mol. The number of halogens is 2. The van der Waals surface area contributed by atoms with Crippen LogP contribution in [0, 0.1) is 12.7 Å². The van der Waals surface area contributed by atoms with E-state index in [9.17, 15) is 18.8 Å². The molecule has 13 heteroatoms. The van der Waals surface area contributed by atoms with E-state index in [0.29, 0.717) is 33.8 Å². The first-order valence-electron chi connectivity index (χ1n) is 14.0. The van der Waals surface area contributed by atoms with Crippen molar-refractivity contribution in [2.75, 3.05) is 44.7 Å². The standard InChI is InChI=1S/C31H30BrFN6O5/c1-20-17-28(40)39(27-8-3-21(32)18-25(27)33)37-29(20)31(42)36-22-4-6-23(7-5-22)44-24-9-11-34-26(19-24)30(41)35-10-2-12-38-13-15-43-16-14-38/h3-9,11,17-19H,2,10,12-16H2,1H3,(H,35,41)(H,36,42). The molecule has 2 amide bonds. The van der Waals surface area contributed by atoms with Crippen LogP contribution in [0.15, 0.2) is 76.1 Å². The molecule has 0 radical (unpaired) electrons. The van der Waals surface area contributed by atoms with Crippen LogP contribution < -0.4 is 20.9 Å². The minimum atomic E-state index is -0.666. The summed E-state index contributed by atoms with van der Waals surface area (Å²) in [7, 11) is 0. The fourth-order valence-electron chi connectivity index (χ4n) is 4.54. The number of carbonyl (C=O) groups is 2. The molecular formula is C31H30BrFN6O5. The van der Waals surface area contributed by atoms with Gasteiger partial charge in [0.05, 0.1) is 13.2 Å². The van der Waals surface area contributed by atoms with Crippen molar-refractivity contribution in [2.24, 2.45) is 0 Å². The molecule has 228 valence electrons. The Morgan fingerprint density at radius 1 is 1.02 bits per heavy atom. The average Bonchev–Trinajstić information content (AvgIpc) is 3.01. The highest BCUT2D eigenvalue weighted by molar-refractivity contribution is 9.10. The van der Waals surface area contributed by atoms with Crippen molar-refractivity contribution in [3.05, 3.63) is 104 Å². The Bertz CT molecular complexity index is 1710. The zero-order valence-corrected chi connectivity index (χ0v) is 25.5. The predicted molar refractivity (Wildman–Crippen MR) is 165 cm³/mol. The minimum absolute atomic E-state index is 0.0315. The number of ether oxygens (including phenoxy) is 2. The van der Waals surface area contributed by atoms with Crippen LogP contribution in [-0.4, -0.2) is 70.9 Å². The molecule has 0 atom stereocenters. The van der Waals surface area contributed by atoms with Gasteiger partial charge in [-0.3, -0.25) is 24.3 Å². The summed E-state index contributed by atoms with van der Waals surface area (Å²) < 4.78 is 27.1. The number of hydrogen-bond acceptors (Lipinski definition) is 8. The normalized spacial score (nSPS) is 13.3. The van der Waals surface area contributed by atoms with Gasteiger partial charge in [-0.1, -0.05) is 15.9 Å². The van der Waals surface area contributed by atoms with E-state index in [2.05, 4.69) is 41.5 Å². The second-order valence-corrected chi connectivity index (χ2v) is 11.0.